The molecule has 0 aliphatic carbocycles. The van der Waals surface area contributed by atoms with E-state index in [4.69, 9.17) is 0 Å². The molecular weight excluding hydrogens is 252 g/mol. The number of aromatic hydroxyl groups is 1. The van der Waals surface area contributed by atoms with Crippen molar-refractivity contribution in [3.05, 3.63) is 29.3 Å². The van der Waals surface area contributed by atoms with Gasteiger partial charge in [0.05, 0.1) is 5.41 Å². The highest BCUT2D eigenvalue weighted by molar-refractivity contribution is 5.83. The number of carboxylic acids is 1. The molecule has 0 saturated heterocycles. The molecule has 2 N–H and O–H groups in total. The van der Waals surface area contributed by atoms with Gasteiger partial charge in [-0.2, -0.15) is 0 Å². The fourth-order valence-corrected chi connectivity index (χ4v) is 2.43. The highest BCUT2D eigenvalue weighted by Crippen LogP contribution is 2.46. The minimum atomic E-state index is -1.02. The molecule has 0 aromatic heterocycles. The van der Waals surface area contributed by atoms with E-state index in [1.165, 1.54) is 0 Å². The van der Waals surface area contributed by atoms with Crippen LogP contribution in [-0.2, 0) is 15.6 Å². The number of benzene rings is 1. The summed E-state index contributed by atoms with van der Waals surface area (Å²) in [6, 6.07) is 5.00. The van der Waals surface area contributed by atoms with E-state index < -0.39 is 16.8 Å². The van der Waals surface area contributed by atoms with E-state index in [-0.39, 0.29) is 11.2 Å². The lowest BCUT2D eigenvalue weighted by atomic mass is 9.61. The Hall–Kier alpha value is -1.51. The third-order valence-electron chi connectivity index (χ3n) is 4.28. The molecule has 0 radical (unpaired) electrons. The molecule has 3 nitrogen and oxygen atoms in total. The van der Waals surface area contributed by atoms with Crippen molar-refractivity contribution in [1.82, 2.24) is 0 Å². The van der Waals surface area contributed by atoms with Crippen LogP contribution in [0.4, 0.5) is 0 Å². The molecule has 0 saturated carbocycles. The van der Waals surface area contributed by atoms with Crippen LogP contribution >= 0.6 is 0 Å². The lowest BCUT2D eigenvalue weighted by Gasteiger charge is -2.41. The van der Waals surface area contributed by atoms with Gasteiger partial charge in [0.2, 0.25) is 0 Å². The lowest BCUT2D eigenvalue weighted by Crippen LogP contribution is -2.46. The van der Waals surface area contributed by atoms with E-state index in [0.29, 0.717) is 0 Å². The van der Waals surface area contributed by atoms with E-state index in [1.807, 2.05) is 41.5 Å². The van der Waals surface area contributed by atoms with E-state index in [2.05, 4.69) is 0 Å². The number of rotatable bonds is 2. The average Bonchev–Trinajstić information content (AvgIpc) is 2.24. The summed E-state index contributed by atoms with van der Waals surface area (Å²) in [5.74, 6) is -0.679. The first-order chi connectivity index (χ1) is 8.81. The Bertz CT molecular complexity index is 518. The fraction of sp³-hybridized carbons (Fsp3) is 0.588. The Morgan fingerprint density at radius 2 is 1.45 bits per heavy atom. The molecule has 1 unspecified atom stereocenters. The fourth-order valence-electron chi connectivity index (χ4n) is 2.43. The highest BCUT2D eigenvalue weighted by Gasteiger charge is 2.48. The molecule has 0 spiro atoms. The molecule has 0 fully saturated rings. The Morgan fingerprint density at radius 1 is 0.950 bits per heavy atom. The number of carboxylic acid groups (broad SMARTS) is 1. The van der Waals surface area contributed by atoms with Crippen LogP contribution in [0.15, 0.2) is 18.2 Å². The van der Waals surface area contributed by atoms with E-state index in [9.17, 15) is 15.0 Å². The number of aliphatic carboxylic acids is 1. The van der Waals surface area contributed by atoms with Gasteiger partial charge in [0.25, 0.3) is 0 Å². The summed E-state index contributed by atoms with van der Waals surface area (Å²) in [4.78, 5) is 12.0. The second kappa shape index (κ2) is 4.80. The molecule has 0 bridgehead atoms. The topological polar surface area (TPSA) is 57.5 Å². The minimum absolute atomic E-state index is 0.167. The van der Waals surface area contributed by atoms with Gasteiger partial charge in [0.15, 0.2) is 0 Å². The minimum Gasteiger partial charge on any atom is -0.508 e. The van der Waals surface area contributed by atoms with Gasteiger partial charge in [-0.3, -0.25) is 4.79 Å². The summed E-state index contributed by atoms with van der Waals surface area (Å²) in [7, 11) is 0. The second-order valence-corrected chi connectivity index (χ2v) is 7.66. The van der Waals surface area contributed by atoms with Gasteiger partial charge >= 0.3 is 5.97 Å². The molecule has 20 heavy (non-hydrogen) atoms. The molecule has 1 aromatic rings. The maximum absolute atomic E-state index is 12.0. The Labute approximate surface area is 121 Å². The van der Waals surface area contributed by atoms with Crippen LogP contribution in [0.2, 0.25) is 0 Å². The van der Waals surface area contributed by atoms with Crippen molar-refractivity contribution in [2.45, 2.75) is 59.3 Å². The molecular formula is C17H26O3. The predicted octanol–water partition coefficient (Wildman–Crippen LogP) is 4.08. The first-order valence-corrected chi connectivity index (χ1v) is 6.89. The van der Waals surface area contributed by atoms with Crippen LogP contribution in [-0.4, -0.2) is 16.2 Å². The van der Waals surface area contributed by atoms with Crippen molar-refractivity contribution in [1.29, 1.82) is 0 Å². The van der Waals surface area contributed by atoms with Crippen LogP contribution in [0.25, 0.3) is 0 Å². The first kappa shape index (κ1) is 16.5. The van der Waals surface area contributed by atoms with Crippen LogP contribution in [0, 0.1) is 5.41 Å². The standard InChI is InChI=1S/C17H26O3/c1-15(2,3)13-10-11(18)8-9-12(13)17(7,14(19)20)16(4,5)6/h8-10,18H,1-7H3,(H,19,20). The quantitative estimate of drug-likeness (QED) is 0.857. The summed E-state index contributed by atoms with van der Waals surface area (Å²) in [6.07, 6.45) is 0. The molecule has 1 atom stereocenters. The number of carbonyl (C=O) groups is 1. The lowest BCUT2D eigenvalue weighted by molar-refractivity contribution is -0.147. The first-order valence-electron chi connectivity index (χ1n) is 6.89. The molecule has 0 aliphatic heterocycles. The van der Waals surface area contributed by atoms with Crippen molar-refractivity contribution >= 4 is 5.97 Å². The number of phenolic OH excluding ortho intramolecular Hbond substituents is 1. The van der Waals surface area contributed by atoms with Crippen molar-refractivity contribution in [3.8, 4) is 5.75 Å². The van der Waals surface area contributed by atoms with Crippen molar-refractivity contribution < 1.29 is 15.0 Å². The van der Waals surface area contributed by atoms with Crippen LogP contribution in [0.1, 0.15) is 59.6 Å². The third-order valence-corrected chi connectivity index (χ3v) is 4.28. The van der Waals surface area contributed by atoms with Gasteiger partial charge in [-0.25, -0.2) is 0 Å². The zero-order valence-electron chi connectivity index (χ0n) is 13.5. The third kappa shape index (κ3) is 2.67. The van der Waals surface area contributed by atoms with Crippen molar-refractivity contribution in [2.75, 3.05) is 0 Å². The van der Waals surface area contributed by atoms with Crippen molar-refractivity contribution in [2.24, 2.45) is 5.41 Å². The van der Waals surface area contributed by atoms with E-state index in [1.54, 1.807) is 25.1 Å². The number of hydrogen-bond acceptors (Lipinski definition) is 2. The monoisotopic (exact) mass is 278 g/mol. The van der Waals surface area contributed by atoms with Gasteiger partial charge in [-0.05, 0) is 41.0 Å². The van der Waals surface area contributed by atoms with Gasteiger partial charge in [0, 0.05) is 0 Å². The Kier molecular flexibility index (Phi) is 3.97. The molecule has 3 heteroatoms. The second-order valence-electron chi connectivity index (χ2n) is 7.66. The van der Waals surface area contributed by atoms with Gasteiger partial charge in [-0.1, -0.05) is 47.6 Å². The van der Waals surface area contributed by atoms with Crippen LogP contribution in [0.5, 0.6) is 5.75 Å². The van der Waals surface area contributed by atoms with Crippen LogP contribution in [0.3, 0.4) is 0 Å². The summed E-state index contributed by atoms with van der Waals surface area (Å²) < 4.78 is 0. The maximum Gasteiger partial charge on any atom is 0.314 e. The zero-order valence-corrected chi connectivity index (χ0v) is 13.5. The Balaban J connectivity index is 3.72. The molecule has 0 amide bonds. The highest BCUT2D eigenvalue weighted by atomic mass is 16.4. The maximum atomic E-state index is 12.0. The molecule has 1 rings (SSSR count). The summed E-state index contributed by atoms with van der Waals surface area (Å²) in [6.45, 7) is 13.6. The van der Waals surface area contributed by atoms with E-state index >= 15 is 0 Å². The number of phenols is 1. The van der Waals surface area contributed by atoms with Gasteiger partial charge < -0.3 is 10.2 Å². The summed E-state index contributed by atoms with van der Waals surface area (Å²) in [5, 5.41) is 19.6. The van der Waals surface area contributed by atoms with Gasteiger partial charge in [-0.15, -0.1) is 0 Å². The van der Waals surface area contributed by atoms with E-state index in [0.717, 1.165) is 11.1 Å². The largest absolute Gasteiger partial charge is 0.508 e. The van der Waals surface area contributed by atoms with Gasteiger partial charge in [0.1, 0.15) is 5.75 Å². The molecule has 0 aliphatic rings. The zero-order chi connectivity index (χ0) is 15.9. The average molecular weight is 278 g/mol. The molecule has 0 heterocycles. The summed E-state index contributed by atoms with van der Waals surface area (Å²) in [5.41, 5.74) is -0.0741. The molecule has 1 aromatic carbocycles. The summed E-state index contributed by atoms with van der Waals surface area (Å²) >= 11 is 0. The van der Waals surface area contributed by atoms with Crippen LogP contribution < -0.4 is 0 Å². The smallest absolute Gasteiger partial charge is 0.314 e. The SMILES string of the molecule is CC(C)(C)c1cc(O)ccc1C(C)(C(=O)O)C(C)(C)C. The van der Waals surface area contributed by atoms with Crippen molar-refractivity contribution in [3.63, 3.8) is 0 Å². The predicted molar refractivity (Wildman–Crippen MR) is 81.2 cm³/mol. The molecule has 112 valence electrons. The normalized spacial score (nSPS) is 15.8. The number of hydrogen-bond donors (Lipinski definition) is 2. The Morgan fingerprint density at radius 3 is 1.80 bits per heavy atom.